The molecule has 0 aliphatic carbocycles. The summed E-state index contributed by atoms with van der Waals surface area (Å²) in [5.74, 6) is -0.909. The third-order valence-corrected chi connectivity index (χ3v) is 2.14. The molecule has 7 heteroatoms. The van der Waals surface area contributed by atoms with E-state index in [9.17, 15) is 14.4 Å². The van der Waals surface area contributed by atoms with Crippen LogP contribution in [-0.2, 0) is 16.0 Å². The molecule has 3 amide bonds. The molecule has 0 saturated heterocycles. The molecule has 102 valence electrons. The van der Waals surface area contributed by atoms with E-state index in [1.165, 1.54) is 0 Å². The summed E-state index contributed by atoms with van der Waals surface area (Å²) in [5, 5.41) is 10.5. The molecule has 0 fully saturated rings. The van der Waals surface area contributed by atoms with Crippen LogP contribution in [0.1, 0.15) is 12.0 Å². The fourth-order valence-electron chi connectivity index (χ4n) is 1.34. The molecule has 0 aliphatic rings. The Labute approximate surface area is 109 Å². The van der Waals surface area contributed by atoms with Crippen molar-refractivity contribution in [2.24, 2.45) is 5.73 Å². The Morgan fingerprint density at radius 2 is 1.84 bits per heavy atom. The van der Waals surface area contributed by atoms with Gasteiger partial charge in [0.2, 0.25) is 5.91 Å². The highest BCUT2D eigenvalue weighted by molar-refractivity contribution is 5.93. The van der Waals surface area contributed by atoms with Gasteiger partial charge in [-0.3, -0.25) is 14.9 Å². The van der Waals surface area contributed by atoms with E-state index in [4.69, 9.17) is 15.6 Å². The maximum atomic E-state index is 11.1. The topological polar surface area (TPSA) is 119 Å². The number of nitrogens with two attached hydrogens (primary N) is 1. The van der Waals surface area contributed by atoms with Crippen LogP contribution in [0.5, 0.6) is 5.75 Å². The van der Waals surface area contributed by atoms with Gasteiger partial charge in [-0.2, -0.15) is 0 Å². The quantitative estimate of drug-likeness (QED) is 0.683. The number of rotatable bonds is 6. The first-order valence-corrected chi connectivity index (χ1v) is 5.50. The molecule has 7 nitrogen and oxygen atoms in total. The second-order valence-corrected chi connectivity index (χ2v) is 3.73. The molecule has 0 spiro atoms. The van der Waals surface area contributed by atoms with E-state index in [0.717, 1.165) is 0 Å². The molecular formula is C12H14N2O5. The van der Waals surface area contributed by atoms with E-state index in [1.807, 2.05) is 5.32 Å². The lowest BCUT2D eigenvalue weighted by molar-refractivity contribution is -0.136. The van der Waals surface area contributed by atoms with Gasteiger partial charge in [-0.1, -0.05) is 12.1 Å². The molecule has 0 bridgehead atoms. The number of benzene rings is 1. The summed E-state index contributed by atoms with van der Waals surface area (Å²) in [5.41, 5.74) is 5.43. The molecule has 0 saturated carbocycles. The molecule has 1 rings (SSSR count). The SMILES string of the molecule is NC(=O)NC(=O)CCOc1ccc(CC(=O)O)cc1. The number of urea groups is 1. The van der Waals surface area contributed by atoms with Crippen molar-refractivity contribution >= 4 is 17.9 Å². The lowest BCUT2D eigenvalue weighted by Crippen LogP contribution is -2.35. The zero-order valence-corrected chi connectivity index (χ0v) is 10.1. The molecule has 0 aromatic heterocycles. The number of carbonyl (C=O) groups is 3. The number of carbonyl (C=O) groups excluding carboxylic acids is 2. The van der Waals surface area contributed by atoms with E-state index in [2.05, 4.69) is 0 Å². The van der Waals surface area contributed by atoms with Gasteiger partial charge in [0, 0.05) is 0 Å². The van der Waals surface area contributed by atoms with Crippen LogP contribution in [-0.4, -0.2) is 29.6 Å². The first-order chi connectivity index (χ1) is 8.97. The van der Waals surface area contributed by atoms with Crippen LogP contribution in [0.15, 0.2) is 24.3 Å². The number of amides is 3. The van der Waals surface area contributed by atoms with Crippen molar-refractivity contribution in [3.05, 3.63) is 29.8 Å². The predicted molar refractivity (Wildman–Crippen MR) is 65.6 cm³/mol. The number of primary amides is 1. The number of carboxylic acids is 1. The Kier molecular flexibility index (Phi) is 5.34. The number of hydrogen-bond donors (Lipinski definition) is 3. The van der Waals surface area contributed by atoms with Crippen molar-refractivity contribution in [1.82, 2.24) is 5.32 Å². The van der Waals surface area contributed by atoms with Gasteiger partial charge in [-0.15, -0.1) is 0 Å². The molecular weight excluding hydrogens is 252 g/mol. The predicted octanol–water partition coefficient (Wildman–Crippen LogP) is 0.277. The Morgan fingerprint density at radius 1 is 1.21 bits per heavy atom. The third-order valence-electron chi connectivity index (χ3n) is 2.14. The molecule has 0 unspecified atom stereocenters. The second kappa shape index (κ2) is 7.00. The summed E-state index contributed by atoms with van der Waals surface area (Å²) < 4.78 is 5.26. The number of ether oxygens (including phenoxy) is 1. The number of carboxylic acid groups (broad SMARTS) is 1. The molecule has 0 radical (unpaired) electrons. The normalized spacial score (nSPS) is 9.68. The molecule has 4 N–H and O–H groups in total. The van der Waals surface area contributed by atoms with Crippen molar-refractivity contribution in [2.45, 2.75) is 12.8 Å². The molecule has 1 aromatic carbocycles. The van der Waals surface area contributed by atoms with E-state index in [1.54, 1.807) is 24.3 Å². The van der Waals surface area contributed by atoms with Crippen molar-refractivity contribution in [3.8, 4) is 5.75 Å². The lowest BCUT2D eigenvalue weighted by Gasteiger charge is -2.06. The van der Waals surface area contributed by atoms with Gasteiger partial charge in [-0.05, 0) is 17.7 Å². The van der Waals surface area contributed by atoms with Crippen LogP contribution in [0.3, 0.4) is 0 Å². The van der Waals surface area contributed by atoms with Gasteiger partial charge in [0.15, 0.2) is 0 Å². The Balaban J connectivity index is 2.35. The minimum Gasteiger partial charge on any atom is -0.493 e. The van der Waals surface area contributed by atoms with E-state index < -0.39 is 17.9 Å². The van der Waals surface area contributed by atoms with Crippen molar-refractivity contribution in [2.75, 3.05) is 6.61 Å². The van der Waals surface area contributed by atoms with Crippen LogP contribution < -0.4 is 15.8 Å². The summed E-state index contributed by atoms with van der Waals surface area (Å²) >= 11 is 0. The fourth-order valence-corrected chi connectivity index (χ4v) is 1.34. The van der Waals surface area contributed by atoms with Crippen LogP contribution in [0, 0.1) is 0 Å². The zero-order valence-electron chi connectivity index (χ0n) is 10.1. The number of nitrogens with one attached hydrogen (secondary N) is 1. The molecule has 1 aromatic rings. The highest BCUT2D eigenvalue weighted by atomic mass is 16.5. The number of aliphatic carboxylic acids is 1. The summed E-state index contributed by atoms with van der Waals surface area (Å²) in [6.07, 6.45) is -0.0544. The summed E-state index contributed by atoms with van der Waals surface area (Å²) in [6, 6.07) is 5.59. The monoisotopic (exact) mass is 266 g/mol. The first kappa shape index (κ1) is 14.5. The Bertz CT molecular complexity index is 470. The standard InChI is InChI=1S/C12H14N2O5/c13-12(18)14-10(15)5-6-19-9-3-1-8(2-4-9)7-11(16)17/h1-4H,5-7H2,(H,16,17)(H3,13,14,15,18). The zero-order chi connectivity index (χ0) is 14.3. The number of imide groups is 1. The molecule has 0 aliphatic heterocycles. The average Bonchev–Trinajstić information content (AvgIpc) is 2.29. The van der Waals surface area contributed by atoms with Gasteiger partial charge in [0.25, 0.3) is 0 Å². The van der Waals surface area contributed by atoms with Gasteiger partial charge < -0.3 is 15.6 Å². The minimum absolute atomic E-state index is 0.000181. The van der Waals surface area contributed by atoms with Gasteiger partial charge >= 0.3 is 12.0 Å². The van der Waals surface area contributed by atoms with Crippen molar-refractivity contribution in [3.63, 3.8) is 0 Å². The van der Waals surface area contributed by atoms with Gasteiger partial charge in [0.05, 0.1) is 19.4 Å². The highest BCUT2D eigenvalue weighted by Crippen LogP contribution is 2.12. The lowest BCUT2D eigenvalue weighted by atomic mass is 10.1. The highest BCUT2D eigenvalue weighted by Gasteiger charge is 2.05. The smallest absolute Gasteiger partial charge is 0.318 e. The maximum Gasteiger partial charge on any atom is 0.318 e. The van der Waals surface area contributed by atoms with Crippen molar-refractivity contribution in [1.29, 1.82) is 0 Å². The maximum absolute atomic E-state index is 11.1. The Morgan fingerprint density at radius 3 is 2.37 bits per heavy atom. The van der Waals surface area contributed by atoms with Crippen molar-refractivity contribution < 1.29 is 24.2 Å². The van der Waals surface area contributed by atoms with E-state index in [-0.39, 0.29) is 19.4 Å². The second-order valence-electron chi connectivity index (χ2n) is 3.73. The summed E-state index contributed by atoms with van der Waals surface area (Å²) in [6.45, 7) is 0.0946. The van der Waals surface area contributed by atoms with E-state index in [0.29, 0.717) is 11.3 Å². The molecule has 0 atom stereocenters. The summed E-state index contributed by atoms with van der Waals surface area (Å²) in [7, 11) is 0. The average molecular weight is 266 g/mol. The molecule has 0 heterocycles. The molecule has 19 heavy (non-hydrogen) atoms. The van der Waals surface area contributed by atoms with Gasteiger partial charge in [-0.25, -0.2) is 4.79 Å². The Hall–Kier alpha value is -2.57. The van der Waals surface area contributed by atoms with E-state index >= 15 is 0 Å². The van der Waals surface area contributed by atoms with Crippen LogP contribution >= 0.6 is 0 Å². The van der Waals surface area contributed by atoms with Gasteiger partial charge in [0.1, 0.15) is 5.75 Å². The fraction of sp³-hybridized carbons (Fsp3) is 0.250. The first-order valence-electron chi connectivity index (χ1n) is 5.50. The summed E-state index contributed by atoms with van der Waals surface area (Å²) in [4.78, 5) is 31.9. The third kappa shape index (κ3) is 6.06. The largest absolute Gasteiger partial charge is 0.493 e. The van der Waals surface area contributed by atoms with Crippen LogP contribution in [0.25, 0.3) is 0 Å². The minimum atomic E-state index is -0.906. The van der Waals surface area contributed by atoms with Crippen LogP contribution in [0.2, 0.25) is 0 Å². The van der Waals surface area contributed by atoms with Crippen LogP contribution in [0.4, 0.5) is 4.79 Å². The number of hydrogen-bond acceptors (Lipinski definition) is 4.